The molecule has 2 heteroatoms. The van der Waals surface area contributed by atoms with Gasteiger partial charge in [0.05, 0.1) is 5.92 Å². The van der Waals surface area contributed by atoms with Crippen molar-refractivity contribution in [3.8, 4) is 0 Å². The van der Waals surface area contributed by atoms with Crippen LogP contribution in [-0.2, 0) is 9.59 Å². The van der Waals surface area contributed by atoms with E-state index in [0.29, 0.717) is 6.42 Å². The summed E-state index contributed by atoms with van der Waals surface area (Å²) >= 11 is 0. The summed E-state index contributed by atoms with van der Waals surface area (Å²) in [5.41, 5.74) is 0.960. The Bertz CT molecular complexity index is 327. The van der Waals surface area contributed by atoms with Gasteiger partial charge in [-0.05, 0) is 5.56 Å². The van der Waals surface area contributed by atoms with Crippen LogP contribution in [0, 0.1) is 0 Å². The second-order valence-corrected chi connectivity index (χ2v) is 2.95. The molecule has 1 atom stereocenters. The van der Waals surface area contributed by atoms with Crippen molar-refractivity contribution in [1.82, 2.24) is 0 Å². The Morgan fingerprint density at radius 3 is 2.25 bits per heavy atom. The van der Waals surface area contributed by atoms with E-state index in [1.807, 2.05) is 30.3 Å². The lowest BCUT2D eigenvalue weighted by molar-refractivity contribution is -0.144. The number of hydrogen-bond donors (Lipinski definition) is 0. The number of ketones is 2. The molecule has 0 aromatic heterocycles. The van der Waals surface area contributed by atoms with Gasteiger partial charge in [0, 0.05) is 6.42 Å². The summed E-state index contributed by atoms with van der Waals surface area (Å²) in [5.74, 6) is -0.622. The van der Waals surface area contributed by atoms with Gasteiger partial charge in [0.1, 0.15) is 0 Å². The Labute approximate surface area is 70.2 Å². The third-order valence-corrected chi connectivity index (χ3v) is 2.18. The van der Waals surface area contributed by atoms with Crippen molar-refractivity contribution in [3.05, 3.63) is 35.9 Å². The van der Waals surface area contributed by atoms with Gasteiger partial charge < -0.3 is 0 Å². The maximum absolute atomic E-state index is 11.0. The number of carbonyl (C=O) groups excluding carboxylic acids is 2. The lowest BCUT2D eigenvalue weighted by atomic mass is 9.77. The molecule has 1 aromatic rings. The Balaban J connectivity index is 2.24. The summed E-state index contributed by atoms with van der Waals surface area (Å²) in [7, 11) is 0. The molecule has 2 rings (SSSR count). The maximum Gasteiger partial charge on any atom is 0.206 e. The zero-order valence-electron chi connectivity index (χ0n) is 6.49. The molecule has 0 N–H and O–H groups in total. The number of benzene rings is 1. The van der Waals surface area contributed by atoms with E-state index in [9.17, 15) is 9.59 Å². The van der Waals surface area contributed by atoms with Crippen LogP contribution in [0.3, 0.4) is 0 Å². The average Bonchev–Trinajstić information content (AvgIpc) is 2.15. The Hall–Kier alpha value is -1.44. The molecule has 0 saturated heterocycles. The smallest absolute Gasteiger partial charge is 0.206 e. The van der Waals surface area contributed by atoms with E-state index >= 15 is 0 Å². The fourth-order valence-electron chi connectivity index (χ4n) is 1.40. The number of hydrogen-bond acceptors (Lipinski definition) is 2. The first kappa shape index (κ1) is 7.22. The summed E-state index contributed by atoms with van der Waals surface area (Å²) < 4.78 is 0. The first-order valence-corrected chi connectivity index (χ1v) is 3.91. The molecule has 1 aliphatic carbocycles. The van der Waals surface area contributed by atoms with Crippen molar-refractivity contribution in [2.45, 2.75) is 12.3 Å². The lowest BCUT2D eigenvalue weighted by Crippen LogP contribution is -2.35. The van der Waals surface area contributed by atoms with Gasteiger partial charge in [0.2, 0.25) is 5.78 Å². The highest BCUT2D eigenvalue weighted by molar-refractivity contribution is 6.46. The normalized spacial score (nSPS) is 22.2. The fourth-order valence-corrected chi connectivity index (χ4v) is 1.40. The van der Waals surface area contributed by atoms with Crippen LogP contribution in [0.4, 0.5) is 0 Å². The molecular formula is C10H8O2. The molecule has 12 heavy (non-hydrogen) atoms. The topological polar surface area (TPSA) is 34.1 Å². The summed E-state index contributed by atoms with van der Waals surface area (Å²) in [6.45, 7) is 0. The first-order chi connectivity index (χ1) is 5.79. The van der Waals surface area contributed by atoms with Crippen molar-refractivity contribution < 1.29 is 9.59 Å². The van der Waals surface area contributed by atoms with Gasteiger partial charge in [-0.1, -0.05) is 30.3 Å². The highest BCUT2D eigenvalue weighted by Crippen LogP contribution is 2.29. The van der Waals surface area contributed by atoms with E-state index in [2.05, 4.69) is 0 Å². The number of carbonyl (C=O) groups is 2. The van der Waals surface area contributed by atoms with Crippen molar-refractivity contribution in [2.75, 3.05) is 0 Å². The molecule has 0 bridgehead atoms. The minimum absolute atomic E-state index is 0.154. The molecule has 1 aromatic carbocycles. The first-order valence-electron chi connectivity index (χ1n) is 3.91. The van der Waals surface area contributed by atoms with Gasteiger partial charge in [-0.15, -0.1) is 0 Å². The van der Waals surface area contributed by atoms with E-state index in [4.69, 9.17) is 0 Å². The second-order valence-electron chi connectivity index (χ2n) is 2.95. The van der Waals surface area contributed by atoms with E-state index in [-0.39, 0.29) is 17.5 Å². The van der Waals surface area contributed by atoms with Crippen LogP contribution in [0.25, 0.3) is 0 Å². The molecule has 0 heterocycles. The monoisotopic (exact) mass is 160 g/mol. The molecule has 1 fully saturated rings. The molecule has 0 spiro atoms. The van der Waals surface area contributed by atoms with Gasteiger partial charge in [0.25, 0.3) is 0 Å². The second kappa shape index (κ2) is 2.55. The Morgan fingerprint density at radius 1 is 1.08 bits per heavy atom. The van der Waals surface area contributed by atoms with E-state index in [0.717, 1.165) is 5.56 Å². The Morgan fingerprint density at radius 2 is 1.75 bits per heavy atom. The lowest BCUT2D eigenvalue weighted by Gasteiger charge is -2.22. The number of rotatable bonds is 1. The summed E-state index contributed by atoms with van der Waals surface area (Å²) in [4.78, 5) is 21.7. The molecule has 0 amide bonds. The van der Waals surface area contributed by atoms with Crippen LogP contribution in [0.15, 0.2) is 30.3 Å². The quantitative estimate of drug-likeness (QED) is 0.580. The molecule has 1 unspecified atom stereocenters. The predicted molar refractivity (Wildman–Crippen MR) is 43.8 cm³/mol. The maximum atomic E-state index is 11.0. The SMILES string of the molecule is O=C1CC(c2ccccc2)C1=O. The van der Waals surface area contributed by atoms with E-state index in [1.165, 1.54) is 0 Å². The van der Waals surface area contributed by atoms with Crippen LogP contribution >= 0.6 is 0 Å². The predicted octanol–water partition coefficient (Wildman–Crippen LogP) is 1.31. The van der Waals surface area contributed by atoms with Crippen molar-refractivity contribution in [3.63, 3.8) is 0 Å². The summed E-state index contributed by atoms with van der Waals surface area (Å²) in [6, 6.07) is 9.43. The molecule has 1 aliphatic rings. The molecular weight excluding hydrogens is 152 g/mol. The van der Waals surface area contributed by atoms with E-state index < -0.39 is 0 Å². The standard InChI is InChI=1S/C10H8O2/c11-9-6-8(10(9)12)7-4-2-1-3-5-7/h1-5,8H,6H2. The van der Waals surface area contributed by atoms with Crippen LogP contribution in [0.1, 0.15) is 17.9 Å². The third-order valence-electron chi connectivity index (χ3n) is 2.18. The highest BCUT2D eigenvalue weighted by Gasteiger charge is 2.38. The van der Waals surface area contributed by atoms with Crippen molar-refractivity contribution in [2.24, 2.45) is 0 Å². The third kappa shape index (κ3) is 0.961. The van der Waals surface area contributed by atoms with Gasteiger partial charge in [-0.2, -0.15) is 0 Å². The average molecular weight is 160 g/mol. The van der Waals surface area contributed by atoms with E-state index in [1.54, 1.807) is 0 Å². The minimum Gasteiger partial charge on any atom is -0.291 e. The fraction of sp³-hybridized carbons (Fsp3) is 0.200. The van der Waals surface area contributed by atoms with Crippen molar-refractivity contribution >= 4 is 11.6 Å². The van der Waals surface area contributed by atoms with Gasteiger partial charge >= 0.3 is 0 Å². The molecule has 0 radical (unpaired) electrons. The summed E-state index contributed by atoms with van der Waals surface area (Å²) in [6.07, 6.45) is 0.392. The Kier molecular flexibility index (Phi) is 1.54. The molecule has 1 saturated carbocycles. The minimum atomic E-state index is -0.235. The zero-order chi connectivity index (χ0) is 8.55. The zero-order valence-corrected chi connectivity index (χ0v) is 6.49. The number of Topliss-reactive ketones (excluding diaryl/α,β-unsaturated/α-hetero) is 2. The highest BCUT2D eigenvalue weighted by atomic mass is 16.2. The van der Waals surface area contributed by atoms with Crippen LogP contribution < -0.4 is 0 Å². The molecule has 2 nitrogen and oxygen atoms in total. The summed E-state index contributed by atoms with van der Waals surface area (Å²) in [5, 5.41) is 0. The van der Waals surface area contributed by atoms with Gasteiger partial charge in [-0.25, -0.2) is 0 Å². The largest absolute Gasteiger partial charge is 0.291 e. The van der Waals surface area contributed by atoms with Crippen molar-refractivity contribution in [1.29, 1.82) is 0 Å². The van der Waals surface area contributed by atoms with Crippen LogP contribution in [0.5, 0.6) is 0 Å². The molecule has 0 aliphatic heterocycles. The molecule has 60 valence electrons. The van der Waals surface area contributed by atoms with Gasteiger partial charge in [-0.3, -0.25) is 9.59 Å². The van der Waals surface area contributed by atoms with Gasteiger partial charge in [0.15, 0.2) is 5.78 Å². The van der Waals surface area contributed by atoms with Crippen LogP contribution in [-0.4, -0.2) is 11.6 Å². The van der Waals surface area contributed by atoms with Crippen LogP contribution in [0.2, 0.25) is 0 Å².